The van der Waals surface area contributed by atoms with E-state index < -0.39 is 0 Å². The van der Waals surface area contributed by atoms with Crippen LogP contribution >= 0.6 is 39.9 Å². The summed E-state index contributed by atoms with van der Waals surface area (Å²) in [6.07, 6.45) is 0. The first-order valence-electron chi connectivity index (χ1n) is 8.30. The zero-order chi connectivity index (χ0) is 18.5. The first-order chi connectivity index (χ1) is 12.6. The number of benzene rings is 2. The highest BCUT2D eigenvalue weighted by molar-refractivity contribution is 9.10. The third kappa shape index (κ3) is 4.58. The second-order valence-corrected chi connectivity index (χ2v) is 8.19. The van der Waals surface area contributed by atoms with E-state index in [-0.39, 0.29) is 11.3 Å². The molecule has 0 bridgehead atoms. The van der Waals surface area contributed by atoms with Gasteiger partial charge >= 0.3 is 5.97 Å². The average molecular weight is 451 g/mol. The van der Waals surface area contributed by atoms with Crippen molar-refractivity contribution >= 4 is 56.7 Å². The fourth-order valence-electron chi connectivity index (χ4n) is 2.68. The maximum absolute atomic E-state index is 11.7. The predicted octanol–water partition coefficient (Wildman–Crippen LogP) is 5.07. The summed E-state index contributed by atoms with van der Waals surface area (Å²) in [6, 6.07) is 15.5. The fourth-order valence-corrected chi connectivity index (χ4v) is 4.59. The number of hydrogen-bond donors (Lipinski definition) is 1. The lowest BCUT2D eigenvalue weighted by molar-refractivity contribution is 0.0526. The summed E-state index contributed by atoms with van der Waals surface area (Å²) in [5, 5.41) is 4.17. The van der Waals surface area contributed by atoms with Gasteiger partial charge in [-0.05, 0) is 61.1 Å². The van der Waals surface area contributed by atoms with Crippen molar-refractivity contribution in [2.24, 2.45) is 0 Å². The van der Waals surface area contributed by atoms with Gasteiger partial charge in [-0.15, -0.1) is 11.8 Å². The number of nitrogens with one attached hydrogen (secondary N) is 1. The zero-order valence-electron chi connectivity index (χ0n) is 14.3. The molecule has 2 aromatic carbocycles. The van der Waals surface area contributed by atoms with Crippen LogP contribution in [0.2, 0.25) is 0 Å². The van der Waals surface area contributed by atoms with Gasteiger partial charge in [0.2, 0.25) is 0 Å². The maximum atomic E-state index is 11.7. The van der Waals surface area contributed by atoms with E-state index in [4.69, 9.17) is 17.0 Å². The summed E-state index contributed by atoms with van der Waals surface area (Å²) in [6.45, 7) is 3.06. The number of thiocarbonyl (C=S) groups is 1. The molecule has 0 aromatic heterocycles. The van der Waals surface area contributed by atoms with Crippen LogP contribution in [0.1, 0.15) is 28.2 Å². The third-order valence-electron chi connectivity index (χ3n) is 3.95. The Morgan fingerprint density at radius 2 is 1.96 bits per heavy atom. The van der Waals surface area contributed by atoms with Gasteiger partial charge in [-0.3, -0.25) is 0 Å². The van der Waals surface area contributed by atoms with E-state index in [9.17, 15) is 4.79 Å². The van der Waals surface area contributed by atoms with Crippen LogP contribution in [0, 0.1) is 0 Å². The predicted molar refractivity (Wildman–Crippen MR) is 115 cm³/mol. The quantitative estimate of drug-likeness (QED) is 0.517. The van der Waals surface area contributed by atoms with Gasteiger partial charge in [0.25, 0.3) is 0 Å². The molecule has 1 aliphatic rings. The second kappa shape index (κ2) is 8.88. The molecule has 0 radical (unpaired) electrons. The summed E-state index contributed by atoms with van der Waals surface area (Å²) in [4.78, 5) is 13.9. The Morgan fingerprint density at radius 3 is 2.62 bits per heavy atom. The van der Waals surface area contributed by atoms with E-state index in [1.54, 1.807) is 19.1 Å². The van der Waals surface area contributed by atoms with Gasteiger partial charge in [0, 0.05) is 22.5 Å². The van der Waals surface area contributed by atoms with Crippen molar-refractivity contribution < 1.29 is 9.53 Å². The molecule has 0 saturated carbocycles. The molecule has 1 atom stereocenters. The molecule has 26 heavy (non-hydrogen) atoms. The smallest absolute Gasteiger partial charge is 0.338 e. The van der Waals surface area contributed by atoms with Crippen molar-refractivity contribution in [1.82, 2.24) is 4.90 Å². The van der Waals surface area contributed by atoms with Crippen molar-refractivity contribution in [3.05, 3.63) is 64.1 Å². The number of esters is 1. The monoisotopic (exact) mass is 450 g/mol. The van der Waals surface area contributed by atoms with E-state index in [0.29, 0.717) is 17.3 Å². The van der Waals surface area contributed by atoms with Crippen LogP contribution in [0.25, 0.3) is 0 Å². The van der Waals surface area contributed by atoms with Crippen LogP contribution in [0.15, 0.2) is 53.0 Å². The molecular formula is C19H19BrN2O2S2. The Balaban J connectivity index is 1.67. The van der Waals surface area contributed by atoms with Crippen LogP contribution in [-0.4, -0.2) is 34.9 Å². The Labute approximate surface area is 171 Å². The minimum atomic E-state index is -0.312. The minimum Gasteiger partial charge on any atom is -0.462 e. The first kappa shape index (κ1) is 19.2. The molecule has 1 fully saturated rings. The number of carbonyl (C=O) groups excluding carboxylic acids is 1. The Kier molecular flexibility index (Phi) is 6.56. The molecule has 0 aliphatic carbocycles. The highest BCUT2D eigenvalue weighted by Crippen LogP contribution is 2.38. The van der Waals surface area contributed by atoms with Gasteiger partial charge in [0.15, 0.2) is 5.11 Å². The average Bonchev–Trinajstić information content (AvgIpc) is 3.13. The van der Waals surface area contributed by atoms with Gasteiger partial charge in [0.05, 0.1) is 12.2 Å². The Morgan fingerprint density at radius 1 is 1.27 bits per heavy atom. The molecule has 1 saturated heterocycles. The van der Waals surface area contributed by atoms with Crippen LogP contribution in [0.3, 0.4) is 0 Å². The molecule has 1 heterocycles. The molecule has 0 amide bonds. The Bertz CT molecular complexity index is 781. The molecule has 2 aromatic rings. The lowest BCUT2D eigenvalue weighted by Gasteiger charge is -2.27. The summed E-state index contributed by atoms with van der Waals surface area (Å²) in [5.74, 6) is 0.720. The lowest BCUT2D eigenvalue weighted by atomic mass is 10.2. The molecule has 4 nitrogen and oxygen atoms in total. The standard InChI is InChI=1S/C19H19BrN2O2S2/c1-2-24-18(23)14-5-9-16(10-6-14)21-19(25)22-11-12-26-17(22)13-3-7-15(20)8-4-13/h3-10,17H,2,11-12H2,1H3,(H,21,25)/t17-/m0/s1. The van der Waals surface area contributed by atoms with Crippen LogP contribution in [-0.2, 0) is 4.74 Å². The van der Waals surface area contributed by atoms with Crippen molar-refractivity contribution in [3.8, 4) is 0 Å². The van der Waals surface area contributed by atoms with E-state index in [2.05, 4.69) is 50.4 Å². The summed E-state index contributed by atoms with van der Waals surface area (Å²) >= 11 is 11.0. The molecular weight excluding hydrogens is 432 g/mol. The van der Waals surface area contributed by atoms with Gasteiger partial charge in [-0.25, -0.2) is 4.79 Å². The zero-order valence-corrected chi connectivity index (χ0v) is 17.5. The number of nitrogens with zero attached hydrogens (tertiary/aromatic N) is 1. The molecule has 3 rings (SSSR count). The van der Waals surface area contributed by atoms with Gasteiger partial charge in [-0.2, -0.15) is 0 Å². The third-order valence-corrected chi connectivity index (χ3v) is 6.08. The molecule has 1 N–H and O–H groups in total. The van der Waals surface area contributed by atoms with Crippen molar-refractivity contribution in [3.63, 3.8) is 0 Å². The minimum absolute atomic E-state index is 0.210. The second-order valence-electron chi connectivity index (χ2n) is 5.70. The highest BCUT2D eigenvalue weighted by Gasteiger charge is 2.28. The summed E-state index contributed by atoms with van der Waals surface area (Å²) in [7, 11) is 0. The molecule has 136 valence electrons. The van der Waals surface area contributed by atoms with Crippen molar-refractivity contribution in [2.45, 2.75) is 12.3 Å². The van der Waals surface area contributed by atoms with Crippen LogP contribution in [0.4, 0.5) is 5.69 Å². The summed E-state index contributed by atoms with van der Waals surface area (Å²) < 4.78 is 6.07. The number of halogens is 1. The number of ether oxygens (including phenoxy) is 1. The first-order valence-corrected chi connectivity index (χ1v) is 10.6. The van der Waals surface area contributed by atoms with Gasteiger partial charge in [-0.1, -0.05) is 28.1 Å². The van der Waals surface area contributed by atoms with Crippen molar-refractivity contribution in [2.75, 3.05) is 24.2 Å². The normalized spacial score (nSPS) is 16.4. The Hall–Kier alpha value is -1.57. The van der Waals surface area contributed by atoms with E-state index in [1.807, 2.05) is 23.9 Å². The van der Waals surface area contributed by atoms with E-state index in [0.717, 1.165) is 22.5 Å². The topological polar surface area (TPSA) is 41.6 Å². The largest absolute Gasteiger partial charge is 0.462 e. The molecule has 7 heteroatoms. The molecule has 1 aliphatic heterocycles. The molecule has 0 unspecified atom stereocenters. The number of anilines is 1. The maximum Gasteiger partial charge on any atom is 0.338 e. The lowest BCUT2D eigenvalue weighted by Crippen LogP contribution is -2.34. The van der Waals surface area contributed by atoms with Gasteiger partial charge < -0.3 is 15.0 Å². The van der Waals surface area contributed by atoms with E-state index >= 15 is 0 Å². The number of thioether (sulfide) groups is 1. The number of rotatable bonds is 4. The van der Waals surface area contributed by atoms with E-state index in [1.165, 1.54) is 5.56 Å². The fraction of sp³-hybridized carbons (Fsp3) is 0.263. The van der Waals surface area contributed by atoms with Crippen molar-refractivity contribution in [1.29, 1.82) is 0 Å². The number of carbonyl (C=O) groups is 1. The molecule has 0 spiro atoms. The SMILES string of the molecule is CCOC(=O)c1ccc(NC(=S)N2CCS[C@H]2c2ccc(Br)cc2)cc1. The van der Waals surface area contributed by atoms with Gasteiger partial charge in [0.1, 0.15) is 5.37 Å². The number of hydrogen-bond acceptors (Lipinski definition) is 4. The van der Waals surface area contributed by atoms with Crippen LogP contribution < -0.4 is 5.32 Å². The van der Waals surface area contributed by atoms with Crippen LogP contribution in [0.5, 0.6) is 0 Å². The summed E-state index contributed by atoms with van der Waals surface area (Å²) in [5.41, 5.74) is 2.62. The highest BCUT2D eigenvalue weighted by atomic mass is 79.9.